The minimum atomic E-state index is -0.0146. The number of hydrogen-bond acceptors (Lipinski definition) is 5. The van der Waals surface area contributed by atoms with Crippen molar-refractivity contribution in [3.05, 3.63) is 42.1 Å². The lowest BCUT2D eigenvalue weighted by atomic mass is 9.90. The summed E-state index contributed by atoms with van der Waals surface area (Å²) in [6.45, 7) is 7.14. The molecule has 0 radical (unpaired) electrons. The quantitative estimate of drug-likeness (QED) is 0.577. The molecule has 1 aliphatic rings. The summed E-state index contributed by atoms with van der Waals surface area (Å²) in [6.07, 6.45) is 6.29. The van der Waals surface area contributed by atoms with E-state index in [1.807, 2.05) is 0 Å². The zero-order valence-corrected chi connectivity index (χ0v) is 17.9. The van der Waals surface area contributed by atoms with Crippen molar-refractivity contribution in [1.29, 1.82) is 5.26 Å². The number of amides is 1. The van der Waals surface area contributed by atoms with E-state index in [2.05, 4.69) is 37.1 Å². The number of carbonyl (C=O) groups excluding carboxylic acids is 1. The Morgan fingerprint density at radius 3 is 2.70 bits per heavy atom. The Balaban J connectivity index is 1.54. The lowest BCUT2D eigenvalue weighted by Gasteiger charge is -2.17. The summed E-state index contributed by atoms with van der Waals surface area (Å²) in [5, 5.41) is 12.1. The Bertz CT molecular complexity index is 907. The van der Waals surface area contributed by atoms with Gasteiger partial charge in [-0.2, -0.15) is 5.26 Å². The molecule has 1 aliphatic carbocycles. The second-order valence-electron chi connectivity index (χ2n) is 8.97. The van der Waals surface area contributed by atoms with E-state index in [4.69, 9.17) is 9.47 Å². The third-order valence-electron chi connectivity index (χ3n) is 4.82. The second-order valence-corrected chi connectivity index (χ2v) is 8.97. The average Bonchev–Trinajstić information content (AvgIpc) is 3.51. The fourth-order valence-electron chi connectivity index (χ4n) is 2.91. The number of nitrogens with one attached hydrogen (secondary N) is 1. The van der Waals surface area contributed by atoms with E-state index in [1.165, 1.54) is 12.8 Å². The SMILES string of the molecule is CC(C)(C)CCCC(=O)Nc1ccc(Oc2ccc(C#N)c(OCC3CC3)c2)nc1. The highest BCUT2D eigenvalue weighted by molar-refractivity contribution is 5.90. The van der Waals surface area contributed by atoms with Crippen molar-refractivity contribution in [1.82, 2.24) is 4.98 Å². The number of rotatable bonds is 9. The monoisotopic (exact) mass is 407 g/mol. The molecule has 6 heteroatoms. The number of nitriles is 1. The van der Waals surface area contributed by atoms with Crippen molar-refractivity contribution < 1.29 is 14.3 Å². The van der Waals surface area contributed by atoms with Crippen molar-refractivity contribution in [3.8, 4) is 23.4 Å². The molecule has 1 heterocycles. The van der Waals surface area contributed by atoms with E-state index < -0.39 is 0 Å². The molecule has 1 saturated carbocycles. The third-order valence-corrected chi connectivity index (χ3v) is 4.82. The van der Waals surface area contributed by atoms with Crippen LogP contribution in [0.4, 0.5) is 5.69 Å². The Kier molecular flexibility index (Phi) is 6.94. The zero-order valence-electron chi connectivity index (χ0n) is 17.9. The van der Waals surface area contributed by atoms with Crippen LogP contribution in [0.3, 0.4) is 0 Å². The van der Waals surface area contributed by atoms with Crippen LogP contribution >= 0.6 is 0 Å². The largest absolute Gasteiger partial charge is 0.492 e. The van der Waals surface area contributed by atoms with Crippen LogP contribution in [0.5, 0.6) is 17.4 Å². The minimum absolute atomic E-state index is 0.0146. The summed E-state index contributed by atoms with van der Waals surface area (Å²) in [5.41, 5.74) is 1.35. The Morgan fingerprint density at radius 2 is 2.07 bits per heavy atom. The summed E-state index contributed by atoms with van der Waals surface area (Å²) >= 11 is 0. The van der Waals surface area contributed by atoms with E-state index >= 15 is 0 Å². The normalized spacial score (nSPS) is 13.4. The predicted octanol–water partition coefficient (Wildman–Crippen LogP) is 5.69. The molecule has 0 unspecified atom stereocenters. The van der Waals surface area contributed by atoms with Crippen LogP contribution < -0.4 is 14.8 Å². The maximum Gasteiger partial charge on any atom is 0.224 e. The van der Waals surface area contributed by atoms with Gasteiger partial charge < -0.3 is 14.8 Å². The second kappa shape index (κ2) is 9.62. The molecule has 0 atom stereocenters. The molecule has 0 bridgehead atoms. The van der Waals surface area contributed by atoms with Gasteiger partial charge in [-0.15, -0.1) is 0 Å². The number of anilines is 1. The van der Waals surface area contributed by atoms with Crippen LogP contribution in [0.1, 0.15) is 58.4 Å². The van der Waals surface area contributed by atoms with Gasteiger partial charge in [-0.25, -0.2) is 4.98 Å². The fourth-order valence-corrected chi connectivity index (χ4v) is 2.91. The topological polar surface area (TPSA) is 84.2 Å². The van der Waals surface area contributed by atoms with E-state index in [-0.39, 0.29) is 11.3 Å². The van der Waals surface area contributed by atoms with Gasteiger partial charge in [0.2, 0.25) is 11.8 Å². The average molecular weight is 408 g/mol. The molecule has 1 fully saturated rings. The third kappa shape index (κ3) is 7.07. The summed E-state index contributed by atoms with van der Waals surface area (Å²) in [4.78, 5) is 16.3. The van der Waals surface area contributed by atoms with E-state index in [1.54, 1.807) is 36.5 Å². The standard InChI is InChI=1S/C24H29N3O3/c1-24(2,3)12-4-5-22(28)27-19-9-11-23(26-15-19)30-20-10-8-18(14-25)21(13-20)29-16-17-6-7-17/h8-11,13,15,17H,4-7,12,16H2,1-3H3,(H,27,28). The van der Waals surface area contributed by atoms with Crippen molar-refractivity contribution in [2.45, 2.75) is 52.9 Å². The molecule has 3 rings (SSSR count). The van der Waals surface area contributed by atoms with E-state index in [9.17, 15) is 10.1 Å². The number of hydrogen-bond donors (Lipinski definition) is 1. The van der Waals surface area contributed by atoms with Gasteiger partial charge in [0, 0.05) is 18.6 Å². The molecule has 6 nitrogen and oxygen atoms in total. The van der Waals surface area contributed by atoms with E-state index in [0.717, 1.165) is 12.8 Å². The fraction of sp³-hybridized carbons (Fsp3) is 0.458. The first-order chi connectivity index (χ1) is 14.3. The molecule has 0 saturated heterocycles. The van der Waals surface area contributed by atoms with Gasteiger partial charge in [0.15, 0.2) is 0 Å². The summed E-state index contributed by atoms with van der Waals surface area (Å²) in [7, 11) is 0. The minimum Gasteiger partial charge on any atom is -0.492 e. The van der Waals surface area contributed by atoms with Gasteiger partial charge >= 0.3 is 0 Å². The first-order valence-corrected chi connectivity index (χ1v) is 10.4. The Labute approximate surface area is 178 Å². The Hall–Kier alpha value is -3.07. The number of carbonyl (C=O) groups is 1. The first kappa shape index (κ1) is 21.6. The number of nitrogens with zero attached hydrogens (tertiary/aromatic N) is 2. The summed E-state index contributed by atoms with van der Waals surface area (Å²) in [5.74, 6) is 2.06. The molecular formula is C24H29N3O3. The summed E-state index contributed by atoms with van der Waals surface area (Å²) in [6, 6.07) is 10.7. The molecular weight excluding hydrogens is 378 g/mol. The maximum atomic E-state index is 12.1. The summed E-state index contributed by atoms with van der Waals surface area (Å²) < 4.78 is 11.6. The van der Waals surface area contributed by atoms with Crippen molar-refractivity contribution in [2.24, 2.45) is 11.3 Å². The van der Waals surface area contributed by atoms with Crippen molar-refractivity contribution in [2.75, 3.05) is 11.9 Å². The van der Waals surface area contributed by atoms with Crippen LogP contribution in [0.2, 0.25) is 0 Å². The van der Waals surface area contributed by atoms with Gasteiger partial charge in [0.25, 0.3) is 0 Å². The van der Waals surface area contributed by atoms with Gasteiger partial charge in [0.1, 0.15) is 17.6 Å². The molecule has 1 aromatic carbocycles. The lowest BCUT2D eigenvalue weighted by molar-refractivity contribution is -0.116. The zero-order chi connectivity index (χ0) is 21.6. The highest BCUT2D eigenvalue weighted by atomic mass is 16.5. The number of benzene rings is 1. The van der Waals surface area contributed by atoms with E-state index in [0.29, 0.717) is 47.6 Å². The maximum absolute atomic E-state index is 12.1. The highest BCUT2D eigenvalue weighted by Gasteiger charge is 2.22. The van der Waals surface area contributed by atoms with Crippen LogP contribution in [0, 0.1) is 22.7 Å². The number of aromatic nitrogens is 1. The lowest BCUT2D eigenvalue weighted by Crippen LogP contribution is -2.13. The molecule has 0 spiro atoms. The van der Waals surface area contributed by atoms with Gasteiger partial charge in [-0.05, 0) is 55.2 Å². The molecule has 1 amide bonds. The van der Waals surface area contributed by atoms with Crippen LogP contribution in [0.15, 0.2) is 36.5 Å². The predicted molar refractivity (Wildman–Crippen MR) is 116 cm³/mol. The first-order valence-electron chi connectivity index (χ1n) is 10.4. The smallest absolute Gasteiger partial charge is 0.224 e. The van der Waals surface area contributed by atoms with Gasteiger partial charge in [-0.3, -0.25) is 4.79 Å². The van der Waals surface area contributed by atoms with Crippen LogP contribution in [-0.4, -0.2) is 17.5 Å². The molecule has 0 aliphatic heterocycles. The van der Waals surface area contributed by atoms with Gasteiger partial charge in [0.05, 0.1) is 24.1 Å². The molecule has 30 heavy (non-hydrogen) atoms. The molecule has 158 valence electrons. The van der Waals surface area contributed by atoms with Crippen LogP contribution in [-0.2, 0) is 4.79 Å². The number of ether oxygens (including phenoxy) is 2. The van der Waals surface area contributed by atoms with Crippen molar-refractivity contribution >= 4 is 11.6 Å². The number of pyridine rings is 1. The highest BCUT2D eigenvalue weighted by Crippen LogP contribution is 2.32. The van der Waals surface area contributed by atoms with Gasteiger partial charge in [-0.1, -0.05) is 20.8 Å². The molecule has 1 aromatic heterocycles. The molecule has 2 aromatic rings. The van der Waals surface area contributed by atoms with Crippen LogP contribution in [0.25, 0.3) is 0 Å². The Morgan fingerprint density at radius 1 is 1.27 bits per heavy atom. The van der Waals surface area contributed by atoms with Crippen molar-refractivity contribution in [3.63, 3.8) is 0 Å². The molecule has 1 N–H and O–H groups in total.